The number of aromatic nitrogens is 2. The molecule has 1 aromatic heterocycles. The Morgan fingerprint density at radius 1 is 0.857 bits per heavy atom. The molecule has 0 radical (unpaired) electrons. The third-order valence-corrected chi connectivity index (χ3v) is 3.58. The lowest BCUT2D eigenvalue weighted by atomic mass is 10.2. The van der Waals surface area contributed by atoms with Crippen LogP contribution in [-0.2, 0) is 0 Å². The highest BCUT2D eigenvalue weighted by Crippen LogP contribution is 2.18. The van der Waals surface area contributed by atoms with Crippen molar-refractivity contribution in [2.75, 3.05) is 5.73 Å². The largest absolute Gasteiger partial charge is 0.393 e. The Morgan fingerprint density at radius 2 is 1.52 bits per heavy atom. The van der Waals surface area contributed by atoms with Gasteiger partial charge in [-0.1, -0.05) is 30.3 Å². The van der Waals surface area contributed by atoms with Crippen LogP contribution in [0.3, 0.4) is 0 Å². The number of aryl methyl sites for hydroxylation is 1. The van der Waals surface area contributed by atoms with E-state index in [1.165, 1.54) is 0 Å². The van der Waals surface area contributed by atoms with Crippen LogP contribution < -0.4 is 11.3 Å². The van der Waals surface area contributed by atoms with Gasteiger partial charge in [0.2, 0.25) is 0 Å². The van der Waals surface area contributed by atoms with E-state index in [2.05, 4.69) is 0 Å². The first-order valence-electron chi connectivity index (χ1n) is 6.82. The topological polar surface area (TPSA) is 52.9 Å². The Bertz CT molecular complexity index is 844. The van der Waals surface area contributed by atoms with Gasteiger partial charge >= 0.3 is 0 Å². The number of anilines is 1. The number of rotatable bonds is 2. The Kier molecular flexibility index (Phi) is 3.14. The maximum Gasteiger partial charge on any atom is 0.295 e. The minimum Gasteiger partial charge on any atom is -0.393 e. The minimum absolute atomic E-state index is 0.193. The van der Waals surface area contributed by atoms with E-state index in [0.29, 0.717) is 0 Å². The second kappa shape index (κ2) is 4.98. The van der Waals surface area contributed by atoms with Gasteiger partial charge in [0, 0.05) is 0 Å². The molecule has 4 heteroatoms. The number of nitrogens with two attached hydrogens (primary N) is 1. The van der Waals surface area contributed by atoms with Gasteiger partial charge in [-0.05, 0) is 43.7 Å². The second-order valence-electron chi connectivity index (χ2n) is 5.10. The van der Waals surface area contributed by atoms with Crippen molar-refractivity contribution >= 4 is 5.69 Å². The van der Waals surface area contributed by atoms with Gasteiger partial charge in [-0.2, -0.15) is 0 Å². The van der Waals surface area contributed by atoms with E-state index in [1.54, 1.807) is 4.68 Å². The molecule has 3 aromatic rings. The first-order valence-corrected chi connectivity index (χ1v) is 6.82. The highest BCUT2D eigenvalue weighted by Gasteiger charge is 2.16. The maximum atomic E-state index is 12.5. The first-order chi connectivity index (χ1) is 10.1. The normalized spacial score (nSPS) is 10.8. The van der Waals surface area contributed by atoms with Gasteiger partial charge in [0.15, 0.2) is 0 Å². The fourth-order valence-corrected chi connectivity index (χ4v) is 2.49. The molecule has 0 amide bonds. The lowest BCUT2D eigenvalue weighted by molar-refractivity contribution is 0.706. The van der Waals surface area contributed by atoms with Gasteiger partial charge in [0.1, 0.15) is 5.69 Å². The van der Waals surface area contributed by atoms with Crippen molar-refractivity contribution in [1.29, 1.82) is 0 Å². The lowest BCUT2D eigenvalue weighted by Gasteiger charge is -2.13. The summed E-state index contributed by atoms with van der Waals surface area (Å²) in [7, 11) is 0. The molecule has 3 rings (SSSR count). The molecule has 0 bridgehead atoms. The molecule has 0 aliphatic carbocycles. The summed E-state index contributed by atoms with van der Waals surface area (Å²) in [4.78, 5) is 12.5. The Hall–Kier alpha value is -2.75. The summed E-state index contributed by atoms with van der Waals surface area (Å²) >= 11 is 0. The zero-order chi connectivity index (χ0) is 15.0. The molecule has 2 aromatic carbocycles. The minimum atomic E-state index is -0.193. The van der Waals surface area contributed by atoms with E-state index >= 15 is 0 Å². The SMILES string of the molecule is Cc1cccc(-n2c(=O)c(N)c(C)n2-c2ccccc2)c1. The fourth-order valence-electron chi connectivity index (χ4n) is 2.49. The van der Waals surface area contributed by atoms with Crippen LogP contribution >= 0.6 is 0 Å². The van der Waals surface area contributed by atoms with Crippen LogP contribution in [0.4, 0.5) is 5.69 Å². The third-order valence-electron chi connectivity index (χ3n) is 3.58. The molecular weight excluding hydrogens is 262 g/mol. The van der Waals surface area contributed by atoms with Crippen molar-refractivity contribution in [1.82, 2.24) is 9.36 Å². The zero-order valence-corrected chi connectivity index (χ0v) is 12.1. The standard InChI is InChI=1S/C17H17N3O/c1-12-7-6-10-15(11-12)20-17(21)16(18)13(2)19(20)14-8-4-3-5-9-14/h3-11H,18H2,1-2H3. The molecule has 2 N–H and O–H groups in total. The summed E-state index contributed by atoms with van der Waals surface area (Å²) in [6.07, 6.45) is 0. The zero-order valence-electron chi connectivity index (χ0n) is 12.1. The summed E-state index contributed by atoms with van der Waals surface area (Å²) in [5, 5.41) is 0. The number of nitrogens with zero attached hydrogens (tertiary/aromatic N) is 2. The highest BCUT2D eigenvalue weighted by molar-refractivity contribution is 5.50. The molecule has 0 aliphatic heterocycles. The fraction of sp³-hybridized carbons (Fsp3) is 0.118. The van der Waals surface area contributed by atoms with Crippen LogP contribution in [0.15, 0.2) is 59.4 Å². The third kappa shape index (κ3) is 2.14. The molecule has 0 spiro atoms. The van der Waals surface area contributed by atoms with Crippen molar-refractivity contribution in [2.45, 2.75) is 13.8 Å². The highest BCUT2D eigenvalue weighted by atomic mass is 16.1. The average molecular weight is 279 g/mol. The predicted molar refractivity (Wildman–Crippen MR) is 85.3 cm³/mol. The van der Waals surface area contributed by atoms with Gasteiger partial charge in [0.05, 0.1) is 17.1 Å². The monoisotopic (exact) mass is 279 g/mol. The molecule has 0 unspecified atom stereocenters. The molecule has 0 saturated carbocycles. The van der Waals surface area contributed by atoms with E-state index in [9.17, 15) is 4.79 Å². The van der Waals surface area contributed by atoms with Gasteiger partial charge in [-0.3, -0.25) is 4.79 Å². The molecular formula is C17H17N3O. The van der Waals surface area contributed by atoms with E-state index < -0.39 is 0 Å². The van der Waals surface area contributed by atoms with Gasteiger partial charge in [-0.15, -0.1) is 0 Å². The summed E-state index contributed by atoms with van der Waals surface area (Å²) < 4.78 is 3.47. The van der Waals surface area contributed by atoms with Crippen LogP contribution in [-0.4, -0.2) is 9.36 Å². The van der Waals surface area contributed by atoms with Crippen molar-refractivity contribution in [3.05, 3.63) is 76.2 Å². The molecule has 0 saturated heterocycles. The molecule has 4 nitrogen and oxygen atoms in total. The maximum absolute atomic E-state index is 12.5. The second-order valence-corrected chi connectivity index (χ2v) is 5.10. The Balaban J connectivity index is 2.36. The van der Waals surface area contributed by atoms with Crippen molar-refractivity contribution in [3.8, 4) is 11.4 Å². The number of hydrogen-bond donors (Lipinski definition) is 1. The molecule has 0 fully saturated rings. The summed E-state index contributed by atoms with van der Waals surface area (Å²) in [5.41, 5.74) is 9.60. The average Bonchev–Trinajstić information content (AvgIpc) is 2.72. The van der Waals surface area contributed by atoms with Crippen molar-refractivity contribution in [2.24, 2.45) is 0 Å². The molecule has 21 heavy (non-hydrogen) atoms. The quantitative estimate of drug-likeness (QED) is 0.784. The van der Waals surface area contributed by atoms with Gasteiger partial charge in [0.25, 0.3) is 5.56 Å². The molecule has 106 valence electrons. The molecule has 1 heterocycles. The number of nitrogen functional groups attached to an aromatic ring is 1. The Morgan fingerprint density at radius 3 is 2.19 bits per heavy atom. The van der Waals surface area contributed by atoms with Crippen molar-refractivity contribution < 1.29 is 0 Å². The smallest absolute Gasteiger partial charge is 0.295 e. The van der Waals surface area contributed by atoms with Crippen LogP contribution in [0.1, 0.15) is 11.3 Å². The lowest BCUT2D eigenvalue weighted by Crippen LogP contribution is -2.21. The van der Waals surface area contributed by atoms with Crippen LogP contribution in [0.2, 0.25) is 0 Å². The van der Waals surface area contributed by atoms with Crippen molar-refractivity contribution in [3.63, 3.8) is 0 Å². The van der Waals surface area contributed by atoms with Crippen LogP contribution in [0.5, 0.6) is 0 Å². The predicted octanol–water partition coefficient (Wildman–Crippen LogP) is 2.83. The molecule has 0 aliphatic rings. The van der Waals surface area contributed by atoms with E-state index in [1.807, 2.05) is 73.1 Å². The Labute approximate surface area is 123 Å². The number of para-hydroxylation sites is 1. The number of benzene rings is 2. The summed E-state index contributed by atoms with van der Waals surface area (Å²) in [6, 6.07) is 17.6. The summed E-state index contributed by atoms with van der Waals surface area (Å²) in [6.45, 7) is 3.86. The van der Waals surface area contributed by atoms with Gasteiger partial charge < -0.3 is 5.73 Å². The van der Waals surface area contributed by atoms with E-state index in [0.717, 1.165) is 22.6 Å². The number of hydrogen-bond acceptors (Lipinski definition) is 2. The summed E-state index contributed by atoms with van der Waals surface area (Å²) in [5.74, 6) is 0. The van der Waals surface area contributed by atoms with Crippen LogP contribution in [0.25, 0.3) is 11.4 Å². The molecule has 0 atom stereocenters. The van der Waals surface area contributed by atoms with Crippen LogP contribution in [0, 0.1) is 13.8 Å². The van der Waals surface area contributed by atoms with Gasteiger partial charge in [-0.25, -0.2) is 9.36 Å². The van der Waals surface area contributed by atoms with E-state index in [-0.39, 0.29) is 11.2 Å². The first kappa shape index (κ1) is 13.2. The van der Waals surface area contributed by atoms with E-state index in [4.69, 9.17) is 5.73 Å².